The highest BCUT2D eigenvalue weighted by atomic mass is 19.4. The van der Waals surface area contributed by atoms with E-state index in [2.05, 4.69) is 10.2 Å². The van der Waals surface area contributed by atoms with Crippen molar-refractivity contribution >= 4 is 5.82 Å². The van der Waals surface area contributed by atoms with E-state index in [9.17, 15) is 13.2 Å². The quantitative estimate of drug-likeness (QED) is 0.651. The van der Waals surface area contributed by atoms with Gasteiger partial charge in [-0.15, -0.1) is 5.10 Å². The van der Waals surface area contributed by atoms with Gasteiger partial charge in [0, 0.05) is 0 Å². The van der Waals surface area contributed by atoms with Gasteiger partial charge in [-0.1, -0.05) is 0 Å². The summed E-state index contributed by atoms with van der Waals surface area (Å²) in [6.07, 6.45) is -3.43. The molecule has 0 bridgehead atoms. The zero-order valence-electron chi connectivity index (χ0n) is 6.18. The lowest BCUT2D eigenvalue weighted by Crippen LogP contribution is -2.13. The predicted octanol–water partition coefficient (Wildman–Crippen LogP) is 1.39. The van der Waals surface area contributed by atoms with Crippen molar-refractivity contribution in [3.05, 3.63) is 17.3 Å². The van der Waals surface area contributed by atoms with E-state index >= 15 is 0 Å². The second kappa shape index (κ2) is 2.62. The lowest BCUT2D eigenvalue weighted by Gasteiger charge is -2.10. The average Bonchev–Trinajstić information content (AvgIpc) is 1.82. The predicted molar refractivity (Wildman–Crippen MR) is 36.2 cm³/mol. The van der Waals surface area contributed by atoms with Crippen LogP contribution >= 0.6 is 0 Å². The zero-order chi connectivity index (χ0) is 9.35. The number of nitrogens with two attached hydrogens (primary N) is 1. The molecule has 0 atom stereocenters. The summed E-state index contributed by atoms with van der Waals surface area (Å²) >= 11 is 0. The second-order valence-corrected chi connectivity index (χ2v) is 2.29. The third-order valence-corrected chi connectivity index (χ3v) is 1.35. The van der Waals surface area contributed by atoms with E-state index in [0.29, 0.717) is 0 Å². The molecule has 0 radical (unpaired) electrons. The minimum absolute atomic E-state index is 0.0185. The maximum Gasteiger partial charge on any atom is 0.420 e. The third-order valence-electron chi connectivity index (χ3n) is 1.35. The number of hydrogen-bond acceptors (Lipinski definition) is 3. The van der Waals surface area contributed by atoms with E-state index < -0.39 is 17.6 Å². The number of aryl methyl sites for hydroxylation is 1. The molecule has 2 N–H and O–H groups in total. The van der Waals surface area contributed by atoms with Gasteiger partial charge < -0.3 is 5.73 Å². The fourth-order valence-corrected chi connectivity index (χ4v) is 0.863. The van der Waals surface area contributed by atoms with Gasteiger partial charge in [0.15, 0.2) is 5.82 Å². The van der Waals surface area contributed by atoms with Crippen molar-refractivity contribution in [3.8, 4) is 0 Å². The molecule has 1 heterocycles. The Balaban J connectivity index is 3.31. The van der Waals surface area contributed by atoms with Crippen LogP contribution in [0.25, 0.3) is 0 Å². The van der Waals surface area contributed by atoms with Crippen LogP contribution in [-0.4, -0.2) is 10.2 Å². The van der Waals surface area contributed by atoms with E-state index in [4.69, 9.17) is 5.73 Å². The van der Waals surface area contributed by atoms with E-state index in [1.165, 1.54) is 6.92 Å². The maximum atomic E-state index is 12.2. The van der Waals surface area contributed by atoms with Crippen LogP contribution in [0.4, 0.5) is 19.0 Å². The van der Waals surface area contributed by atoms with Crippen molar-refractivity contribution in [3.63, 3.8) is 0 Å². The Labute approximate surface area is 66.4 Å². The Morgan fingerprint density at radius 1 is 1.42 bits per heavy atom. The Hall–Kier alpha value is -1.33. The molecule has 6 heteroatoms. The van der Waals surface area contributed by atoms with Crippen LogP contribution in [0.1, 0.15) is 11.1 Å². The molecule has 0 unspecified atom stereocenters. The molecular weight excluding hydrogens is 171 g/mol. The van der Waals surface area contributed by atoms with Crippen LogP contribution < -0.4 is 5.73 Å². The number of nitrogen functional groups attached to an aromatic ring is 1. The van der Waals surface area contributed by atoms with Gasteiger partial charge in [0.25, 0.3) is 0 Å². The fourth-order valence-electron chi connectivity index (χ4n) is 0.863. The van der Waals surface area contributed by atoms with Gasteiger partial charge in [-0.3, -0.25) is 0 Å². The van der Waals surface area contributed by atoms with Crippen LogP contribution in [0.15, 0.2) is 6.20 Å². The molecule has 3 nitrogen and oxygen atoms in total. The number of nitrogens with zero attached hydrogens (tertiary/aromatic N) is 2. The lowest BCUT2D eigenvalue weighted by molar-refractivity contribution is -0.137. The molecular formula is C6H6F3N3. The first kappa shape index (κ1) is 8.76. The first-order valence-electron chi connectivity index (χ1n) is 3.08. The Morgan fingerprint density at radius 3 is 2.33 bits per heavy atom. The summed E-state index contributed by atoms with van der Waals surface area (Å²) in [6, 6.07) is 0. The maximum absolute atomic E-state index is 12.2. The lowest BCUT2D eigenvalue weighted by atomic mass is 10.1. The summed E-state index contributed by atoms with van der Waals surface area (Å²) < 4.78 is 36.5. The largest absolute Gasteiger partial charge is 0.420 e. The zero-order valence-corrected chi connectivity index (χ0v) is 6.18. The van der Waals surface area contributed by atoms with Gasteiger partial charge in [-0.2, -0.15) is 18.3 Å². The van der Waals surface area contributed by atoms with Gasteiger partial charge >= 0.3 is 6.18 Å². The Bertz CT molecular complexity index is 274. The minimum atomic E-state index is -4.45. The third kappa shape index (κ3) is 1.46. The molecule has 1 aromatic heterocycles. The number of alkyl halides is 3. The highest BCUT2D eigenvalue weighted by Gasteiger charge is 2.35. The average molecular weight is 177 g/mol. The van der Waals surface area contributed by atoms with Crippen LogP contribution in [0, 0.1) is 6.92 Å². The molecule has 0 aliphatic rings. The molecule has 66 valence electrons. The van der Waals surface area contributed by atoms with Crippen molar-refractivity contribution in [2.24, 2.45) is 0 Å². The molecule has 0 amide bonds. The molecule has 0 aliphatic heterocycles. The van der Waals surface area contributed by atoms with Crippen LogP contribution in [-0.2, 0) is 6.18 Å². The standard InChI is InChI=1S/C6H6F3N3/c1-3-2-11-12-5(10)4(3)6(7,8)9/h2H,1H3,(H2,10,12). The number of hydrogen-bond donors (Lipinski definition) is 1. The van der Waals surface area contributed by atoms with E-state index in [1.54, 1.807) is 0 Å². The molecule has 12 heavy (non-hydrogen) atoms. The van der Waals surface area contributed by atoms with Crippen LogP contribution in [0.5, 0.6) is 0 Å². The van der Waals surface area contributed by atoms with Gasteiger partial charge in [0.05, 0.1) is 6.20 Å². The molecule has 1 rings (SSSR count). The van der Waals surface area contributed by atoms with Crippen LogP contribution in [0.2, 0.25) is 0 Å². The molecule has 0 aromatic carbocycles. The first-order chi connectivity index (χ1) is 5.43. The number of aromatic nitrogens is 2. The van der Waals surface area contributed by atoms with Gasteiger partial charge in [0.1, 0.15) is 5.56 Å². The van der Waals surface area contributed by atoms with Crippen molar-refractivity contribution in [2.45, 2.75) is 13.1 Å². The molecule has 0 saturated carbocycles. The van der Waals surface area contributed by atoms with Crippen molar-refractivity contribution in [2.75, 3.05) is 5.73 Å². The Morgan fingerprint density at radius 2 is 2.00 bits per heavy atom. The molecule has 1 aromatic rings. The minimum Gasteiger partial charge on any atom is -0.382 e. The fraction of sp³-hybridized carbons (Fsp3) is 0.333. The molecule has 0 fully saturated rings. The van der Waals surface area contributed by atoms with Gasteiger partial charge in [-0.05, 0) is 12.5 Å². The molecule has 0 aliphatic carbocycles. The Kier molecular flexibility index (Phi) is 1.91. The van der Waals surface area contributed by atoms with Crippen molar-refractivity contribution in [1.82, 2.24) is 10.2 Å². The number of anilines is 1. The normalized spacial score (nSPS) is 11.7. The topological polar surface area (TPSA) is 51.8 Å². The van der Waals surface area contributed by atoms with Crippen LogP contribution in [0.3, 0.4) is 0 Å². The summed E-state index contributed by atoms with van der Waals surface area (Å²) in [5, 5.41) is 6.40. The monoisotopic (exact) mass is 177 g/mol. The number of halogens is 3. The summed E-state index contributed by atoms with van der Waals surface area (Å²) in [5.41, 5.74) is 4.09. The van der Waals surface area contributed by atoms with E-state index in [1.807, 2.05) is 0 Å². The first-order valence-corrected chi connectivity index (χ1v) is 3.08. The second-order valence-electron chi connectivity index (χ2n) is 2.29. The SMILES string of the molecule is Cc1cnnc(N)c1C(F)(F)F. The summed E-state index contributed by atoms with van der Waals surface area (Å²) in [5.74, 6) is -0.581. The molecule has 0 saturated heterocycles. The smallest absolute Gasteiger partial charge is 0.382 e. The van der Waals surface area contributed by atoms with Gasteiger partial charge in [0.2, 0.25) is 0 Å². The summed E-state index contributed by atoms with van der Waals surface area (Å²) in [4.78, 5) is 0. The van der Waals surface area contributed by atoms with E-state index in [-0.39, 0.29) is 5.56 Å². The van der Waals surface area contributed by atoms with Gasteiger partial charge in [-0.25, -0.2) is 0 Å². The highest BCUT2D eigenvalue weighted by molar-refractivity contribution is 5.44. The highest BCUT2D eigenvalue weighted by Crippen LogP contribution is 2.34. The van der Waals surface area contributed by atoms with Crippen molar-refractivity contribution in [1.29, 1.82) is 0 Å². The van der Waals surface area contributed by atoms with Crippen molar-refractivity contribution < 1.29 is 13.2 Å². The summed E-state index contributed by atoms with van der Waals surface area (Å²) in [6.45, 7) is 1.29. The number of rotatable bonds is 0. The van der Waals surface area contributed by atoms with E-state index in [0.717, 1.165) is 6.20 Å². The summed E-state index contributed by atoms with van der Waals surface area (Å²) in [7, 11) is 0. The molecule has 0 spiro atoms.